The molecule has 2 aromatic heterocycles. The second-order valence-electron chi connectivity index (χ2n) is 10.4. The molecule has 4 unspecified atom stereocenters. The smallest absolute Gasteiger partial charge is 0.271 e. The summed E-state index contributed by atoms with van der Waals surface area (Å²) in [5.74, 6) is 1.49. The molecule has 5 rings (SSSR count). The summed E-state index contributed by atoms with van der Waals surface area (Å²) >= 11 is 0. The normalized spacial score (nSPS) is 26.6. The van der Waals surface area contributed by atoms with E-state index >= 15 is 0 Å². The number of nitrogens with one attached hydrogen (secondary N) is 1. The molecule has 2 aliphatic rings. The number of carbonyl (C=O) groups excluding carboxylic acids is 2. The van der Waals surface area contributed by atoms with Gasteiger partial charge in [-0.15, -0.1) is 0 Å². The summed E-state index contributed by atoms with van der Waals surface area (Å²) in [6.45, 7) is 9.62. The van der Waals surface area contributed by atoms with Crippen LogP contribution in [0.25, 0.3) is 11.1 Å². The van der Waals surface area contributed by atoms with Gasteiger partial charge in [0.15, 0.2) is 5.58 Å². The Balaban J connectivity index is 1.49. The second-order valence-corrected chi connectivity index (χ2v) is 10.4. The minimum atomic E-state index is -1.05. The summed E-state index contributed by atoms with van der Waals surface area (Å²) in [5.41, 5.74) is 1.95. The fourth-order valence-electron chi connectivity index (χ4n) is 5.67. The second kappa shape index (κ2) is 9.10. The molecule has 1 aliphatic carbocycles. The molecule has 1 N–H and O–H groups in total. The molecule has 0 spiro atoms. The molecule has 7 nitrogen and oxygen atoms in total. The first-order chi connectivity index (χ1) is 16.8. The van der Waals surface area contributed by atoms with Crippen LogP contribution >= 0.6 is 0 Å². The third kappa shape index (κ3) is 4.11. The number of fused-ring (bicyclic) bond motifs is 3. The lowest BCUT2D eigenvalue weighted by atomic mass is 9.77. The molecule has 186 valence electrons. The van der Waals surface area contributed by atoms with Crippen LogP contribution in [-0.4, -0.2) is 39.5 Å². The average Bonchev–Trinajstić information content (AvgIpc) is 3.43. The largest absolute Gasteiger partial charge is 0.494 e. The number of aromatic nitrogens is 1. The number of nitrogens with zero attached hydrogens (tertiary/aromatic N) is 2. The summed E-state index contributed by atoms with van der Waals surface area (Å²) in [4.78, 5) is 29.5. The van der Waals surface area contributed by atoms with Crippen molar-refractivity contribution in [2.45, 2.75) is 71.6 Å². The molecule has 7 heteroatoms. The molecular formula is C28H35N3O4. The van der Waals surface area contributed by atoms with Gasteiger partial charge in [0.1, 0.15) is 17.0 Å². The summed E-state index contributed by atoms with van der Waals surface area (Å²) in [7, 11) is 0. The van der Waals surface area contributed by atoms with Crippen molar-refractivity contribution in [3.63, 3.8) is 0 Å². The number of furan rings is 1. The summed E-state index contributed by atoms with van der Waals surface area (Å²) in [6, 6.07) is 11.5. The molecule has 0 bridgehead atoms. The highest BCUT2D eigenvalue weighted by atomic mass is 16.5. The summed E-state index contributed by atoms with van der Waals surface area (Å²) in [5, 5.41) is 3.35. The Morgan fingerprint density at radius 3 is 2.71 bits per heavy atom. The Labute approximate surface area is 206 Å². The van der Waals surface area contributed by atoms with Gasteiger partial charge in [-0.25, -0.2) is 0 Å². The van der Waals surface area contributed by atoms with Crippen molar-refractivity contribution in [1.82, 2.24) is 14.8 Å². The minimum absolute atomic E-state index is 0.0984. The first-order valence-electron chi connectivity index (χ1n) is 12.7. The van der Waals surface area contributed by atoms with E-state index < -0.39 is 5.54 Å². The molecule has 1 saturated carbocycles. The van der Waals surface area contributed by atoms with E-state index in [4.69, 9.17) is 9.15 Å². The van der Waals surface area contributed by atoms with E-state index in [0.717, 1.165) is 29.7 Å². The molecule has 1 aromatic carbocycles. The van der Waals surface area contributed by atoms with Crippen LogP contribution in [0.4, 0.5) is 0 Å². The van der Waals surface area contributed by atoms with Crippen LogP contribution in [0.3, 0.4) is 0 Å². The third-order valence-corrected chi connectivity index (χ3v) is 8.14. The number of hydrogen-bond donors (Lipinski definition) is 1. The zero-order valence-electron chi connectivity index (χ0n) is 21.0. The van der Waals surface area contributed by atoms with Crippen LogP contribution in [0.15, 0.2) is 47.1 Å². The van der Waals surface area contributed by atoms with Gasteiger partial charge in [-0.2, -0.15) is 0 Å². The van der Waals surface area contributed by atoms with Crippen LogP contribution in [0.2, 0.25) is 0 Å². The molecule has 0 radical (unpaired) electrons. The van der Waals surface area contributed by atoms with Crippen LogP contribution < -0.4 is 10.1 Å². The number of benzene rings is 1. The molecule has 0 saturated heterocycles. The van der Waals surface area contributed by atoms with Crippen molar-refractivity contribution in [2.75, 3.05) is 6.61 Å². The van der Waals surface area contributed by atoms with Gasteiger partial charge in [0.05, 0.1) is 24.9 Å². The van der Waals surface area contributed by atoms with Crippen LogP contribution in [0.1, 0.15) is 63.0 Å². The van der Waals surface area contributed by atoms with E-state index in [1.165, 1.54) is 6.42 Å². The Bertz CT molecular complexity index is 1230. The van der Waals surface area contributed by atoms with Gasteiger partial charge in [-0.1, -0.05) is 38.8 Å². The van der Waals surface area contributed by atoms with Crippen molar-refractivity contribution in [2.24, 2.45) is 11.8 Å². The molecule has 2 amide bonds. The van der Waals surface area contributed by atoms with E-state index in [-0.39, 0.29) is 17.9 Å². The SMILES string of the molecule is CCOc1ccc(CN2C(=O)c3cc4occc4n3CC2(C)C(=O)NC2CCCC(C)C2C)cc1. The quantitative estimate of drug-likeness (QED) is 0.543. The fourth-order valence-corrected chi connectivity index (χ4v) is 5.67. The van der Waals surface area contributed by atoms with Crippen molar-refractivity contribution < 1.29 is 18.7 Å². The van der Waals surface area contributed by atoms with Crippen LogP contribution in [0.5, 0.6) is 5.75 Å². The van der Waals surface area contributed by atoms with E-state index in [2.05, 4.69) is 19.2 Å². The standard InChI is InChI=1S/C28H35N3O4/c1-5-34-21-11-9-20(10-12-21)16-31-26(32)24-15-25-23(13-14-35-25)30(24)17-28(31,4)27(33)29-22-8-6-7-18(2)19(22)3/h9-15,18-19,22H,5-8,16-17H2,1-4H3,(H,29,33). The fraction of sp³-hybridized carbons (Fsp3) is 0.500. The van der Waals surface area contributed by atoms with Gasteiger partial charge in [-0.3, -0.25) is 9.59 Å². The van der Waals surface area contributed by atoms with Crippen molar-refractivity contribution in [1.29, 1.82) is 0 Å². The molecule has 35 heavy (non-hydrogen) atoms. The summed E-state index contributed by atoms with van der Waals surface area (Å²) in [6.07, 6.45) is 4.90. The maximum absolute atomic E-state index is 14.0. The molecule has 3 heterocycles. The van der Waals surface area contributed by atoms with Crippen molar-refractivity contribution in [3.05, 3.63) is 53.9 Å². The highest BCUT2D eigenvalue weighted by Crippen LogP contribution is 2.35. The highest BCUT2D eigenvalue weighted by Gasteiger charge is 2.48. The topological polar surface area (TPSA) is 76.7 Å². The first-order valence-corrected chi connectivity index (χ1v) is 12.7. The molecule has 3 aromatic rings. The molecular weight excluding hydrogens is 442 g/mol. The number of amides is 2. The zero-order valence-corrected chi connectivity index (χ0v) is 21.0. The first kappa shape index (κ1) is 23.5. The number of rotatable bonds is 6. The van der Waals surface area contributed by atoms with E-state index in [9.17, 15) is 9.59 Å². The van der Waals surface area contributed by atoms with Gasteiger partial charge in [0.2, 0.25) is 5.91 Å². The monoisotopic (exact) mass is 477 g/mol. The van der Waals surface area contributed by atoms with E-state index in [0.29, 0.717) is 42.8 Å². The zero-order chi connectivity index (χ0) is 24.7. The maximum atomic E-state index is 14.0. The van der Waals surface area contributed by atoms with Gasteiger partial charge < -0.3 is 23.9 Å². The van der Waals surface area contributed by atoms with Crippen molar-refractivity contribution >= 4 is 22.9 Å². The number of hydrogen-bond acceptors (Lipinski definition) is 4. The van der Waals surface area contributed by atoms with Gasteiger partial charge in [-0.05, 0) is 49.8 Å². The molecule has 4 atom stereocenters. The number of ether oxygens (including phenoxy) is 1. The van der Waals surface area contributed by atoms with E-state index in [1.807, 2.05) is 48.7 Å². The lowest BCUT2D eigenvalue weighted by Gasteiger charge is -2.45. The molecule has 1 fully saturated rings. The van der Waals surface area contributed by atoms with Crippen molar-refractivity contribution in [3.8, 4) is 5.75 Å². The van der Waals surface area contributed by atoms with Crippen LogP contribution in [0, 0.1) is 11.8 Å². The number of carbonyl (C=O) groups is 2. The van der Waals surface area contributed by atoms with Gasteiger partial charge in [0.25, 0.3) is 5.91 Å². The van der Waals surface area contributed by atoms with Gasteiger partial charge >= 0.3 is 0 Å². The van der Waals surface area contributed by atoms with E-state index in [1.54, 1.807) is 17.2 Å². The minimum Gasteiger partial charge on any atom is -0.494 e. The Hall–Kier alpha value is -3.22. The third-order valence-electron chi connectivity index (χ3n) is 8.14. The lowest BCUT2D eigenvalue weighted by molar-refractivity contribution is -0.134. The average molecular weight is 478 g/mol. The predicted molar refractivity (Wildman–Crippen MR) is 134 cm³/mol. The molecule has 1 aliphatic heterocycles. The Morgan fingerprint density at radius 2 is 1.97 bits per heavy atom. The summed E-state index contributed by atoms with van der Waals surface area (Å²) < 4.78 is 13.1. The Kier molecular flexibility index (Phi) is 6.11. The van der Waals surface area contributed by atoms with Crippen LogP contribution in [-0.2, 0) is 17.9 Å². The Morgan fingerprint density at radius 1 is 1.20 bits per heavy atom. The maximum Gasteiger partial charge on any atom is 0.271 e. The van der Waals surface area contributed by atoms with Gasteiger partial charge in [0, 0.05) is 24.7 Å². The predicted octanol–water partition coefficient (Wildman–Crippen LogP) is 4.99. The lowest BCUT2D eigenvalue weighted by Crippen LogP contribution is -2.65. The highest BCUT2D eigenvalue weighted by molar-refractivity contribution is 6.02.